The lowest BCUT2D eigenvalue weighted by atomic mass is 10.1. The van der Waals surface area contributed by atoms with E-state index >= 15 is 0 Å². The van der Waals surface area contributed by atoms with Crippen LogP contribution in [0.4, 0.5) is 11.5 Å². The molecule has 5 heteroatoms. The van der Waals surface area contributed by atoms with E-state index in [1.165, 1.54) is 0 Å². The van der Waals surface area contributed by atoms with Crippen molar-refractivity contribution in [3.8, 4) is 0 Å². The zero-order valence-electron chi connectivity index (χ0n) is 13.3. The number of likely N-dealkylation sites (N-methyl/N-ethyl adjacent to an activating group) is 1. The Kier molecular flexibility index (Phi) is 5.66. The number of aromatic nitrogens is 2. The van der Waals surface area contributed by atoms with Gasteiger partial charge < -0.3 is 15.5 Å². The fourth-order valence-corrected chi connectivity index (χ4v) is 2.27. The third kappa shape index (κ3) is 3.86. The minimum atomic E-state index is 0.359. The number of nitrogens with zero attached hydrogens (tertiary/aromatic N) is 4. The summed E-state index contributed by atoms with van der Waals surface area (Å²) in [5.74, 6) is 1.42. The molecule has 0 spiro atoms. The minimum absolute atomic E-state index is 0.359. The van der Waals surface area contributed by atoms with Crippen LogP contribution in [0, 0.1) is 0 Å². The van der Waals surface area contributed by atoms with Crippen LogP contribution in [0.3, 0.4) is 0 Å². The summed E-state index contributed by atoms with van der Waals surface area (Å²) in [6, 6.07) is 0. The van der Waals surface area contributed by atoms with Crippen LogP contribution in [0.1, 0.15) is 38.8 Å². The Morgan fingerprint density at radius 2 is 1.84 bits per heavy atom. The maximum absolute atomic E-state index is 6.30. The molecule has 2 N–H and O–H groups in total. The number of nitrogen functional groups attached to an aromatic ring is 1. The molecule has 0 aliphatic carbocycles. The number of rotatable bonds is 7. The van der Waals surface area contributed by atoms with Crippen molar-refractivity contribution in [2.45, 2.75) is 33.1 Å². The molecule has 0 fully saturated rings. The molecule has 0 amide bonds. The van der Waals surface area contributed by atoms with Gasteiger partial charge in [-0.1, -0.05) is 20.8 Å². The van der Waals surface area contributed by atoms with Gasteiger partial charge in [0.25, 0.3) is 0 Å². The topological polar surface area (TPSA) is 50.3 Å². The molecule has 0 radical (unpaired) electrons. The average Bonchev–Trinajstić information content (AvgIpc) is 2.61. The van der Waals surface area contributed by atoms with Crippen molar-refractivity contribution in [2.24, 2.45) is 7.05 Å². The van der Waals surface area contributed by atoms with Gasteiger partial charge >= 0.3 is 0 Å². The smallest absolute Gasteiger partial charge is 0.150 e. The summed E-state index contributed by atoms with van der Waals surface area (Å²) < 4.78 is 1.93. The predicted octanol–water partition coefficient (Wildman–Crippen LogP) is 1.90. The Morgan fingerprint density at radius 3 is 2.26 bits per heavy atom. The number of anilines is 2. The summed E-state index contributed by atoms with van der Waals surface area (Å²) in [6.07, 6.45) is 1.11. The van der Waals surface area contributed by atoms with Gasteiger partial charge in [-0.3, -0.25) is 4.68 Å². The van der Waals surface area contributed by atoms with Crippen molar-refractivity contribution >= 4 is 11.5 Å². The van der Waals surface area contributed by atoms with Gasteiger partial charge in [0.1, 0.15) is 5.82 Å². The first-order valence-electron chi connectivity index (χ1n) is 7.10. The van der Waals surface area contributed by atoms with Crippen LogP contribution in [0.5, 0.6) is 0 Å². The van der Waals surface area contributed by atoms with Gasteiger partial charge in [-0.25, -0.2) is 0 Å². The van der Waals surface area contributed by atoms with E-state index in [4.69, 9.17) is 5.73 Å². The van der Waals surface area contributed by atoms with Crippen LogP contribution in [-0.4, -0.2) is 48.4 Å². The van der Waals surface area contributed by atoms with E-state index in [0.717, 1.165) is 43.3 Å². The Bertz CT molecular complexity index is 395. The second kappa shape index (κ2) is 6.80. The molecule has 0 unspecified atom stereocenters. The molecule has 0 aromatic carbocycles. The maximum Gasteiger partial charge on any atom is 0.150 e. The molecule has 19 heavy (non-hydrogen) atoms. The molecule has 110 valence electrons. The molecule has 0 aliphatic heterocycles. The molecule has 0 bridgehead atoms. The second-order valence-electron chi connectivity index (χ2n) is 5.69. The van der Waals surface area contributed by atoms with E-state index in [-0.39, 0.29) is 0 Å². The van der Waals surface area contributed by atoms with Crippen LogP contribution < -0.4 is 10.6 Å². The monoisotopic (exact) mass is 267 g/mol. The number of nitrogens with two attached hydrogens (primary N) is 1. The second-order valence-corrected chi connectivity index (χ2v) is 5.69. The number of aryl methyl sites for hydroxylation is 1. The number of hydrogen-bond donors (Lipinski definition) is 1. The summed E-state index contributed by atoms with van der Waals surface area (Å²) in [5.41, 5.74) is 8.14. The lowest BCUT2D eigenvalue weighted by molar-refractivity contribution is 0.411. The fourth-order valence-electron chi connectivity index (χ4n) is 2.27. The summed E-state index contributed by atoms with van der Waals surface area (Å²) >= 11 is 0. The molecule has 0 atom stereocenters. The Morgan fingerprint density at radius 1 is 1.21 bits per heavy atom. The molecular formula is C14H29N5. The minimum Gasteiger partial charge on any atom is -0.394 e. The van der Waals surface area contributed by atoms with Gasteiger partial charge in [-0.05, 0) is 26.4 Å². The Labute approximate surface area is 117 Å². The summed E-state index contributed by atoms with van der Waals surface area (Å²) in [7, 11) is 6.17. The molecule has 1 aromatic rings. The van der Waals surface area contributed by atoms with Crippen LogP contribution in [0.15, 0.2) is 0 Å². The molecule has 0 saturated heterocycles. The molecule has 1 aromatic heterocycles. The van der Waals surface area contributed by atoms with Crippen molar-refractivity contribution < 1.29 is 0 Å². The van der Waals surface area contributed by atoms with E-state index in [9.17, 15) is 0 Å². The largest absolute Gasteiger partial charge is 0.394 e. The standard InChI is InChI=1S/C14H29N5/c1-7-8-19(10-9-17(4)5)14-12(15)13(11(2)3)16-18(14)6/h11H,7-10,15H2,1-6H3. The first kappa shape index (κ1) is 15.8. The molecular weight excluding hydrogens is 238 g/mol. The highest BCUT2D eigenvalue weighted by atomic mass is 15.4. The van der Waals surface area contributed by atoms with E-state index in [2.05, 4.69) is 49.8 Å². The molecule has 1 heterocycles. The van der Waals surface area contributed by atoms with Crippen molar-refractivity contribution in [1.82, 2.24) is 14.7 Å². The summed E-state index contributed by atoms with van der Waals surface area (Å²) in [6.45, 7) is 9.45. The lowest BCUT2D eigenvalue weighted by Gasteiger charge is -2.26. The van der Waals surface area contributed by atoms with Crippen molar-refractivity contribution in [1.29, 1.82) is 0 Å². The Balaban J connectivity index is 3.01. The zero-order valence-corrected chi connectivity index (χ0v) is 13.3. The summed E-state index contributed by atoms with van der Waals surface area (Å²) in [5, 5.41) is 4.58. The lowest BCUT2D eigenvalue weighted by Crippen LogP contribution is -2.34. The van der Waals surface area contributed by atoms with Crippen molar-refractivity contribution in [3.63, 3.8) is 0 Å². The van der Waals surface area contributed by atoms with E-state index in [0.29, 0.717) is 5.92 Å². The highest BCUT2D eigenvalue weighted by molar-refractivity contribution is 5.67. The number of hydrogen-bond acceptors (Lipinski definition) is 4. The molecule has 0 aliphatic rings. The van der Waals surface area contributed by atoms with E-state index in [1.54, 1.807) is 0 Å². The van der Waals surface area contributed by atoms with E-state index in [1.807, 2.05) is 11.7 Å². The van der Waals surface area contributed by atoms with Crippen LogP contribution >= 0.6 is 0 Å². The SMILES string of the molecule is CCCN(CCN(C)C)c1c(N)c(C(C)C)nn1C. The Hall–Kier alpha value is -1.23. The first-order chi connectivity index (χ1) is 8.88. The van der Waals surface area contributed by atoms with Crippen LogP contribution in [-0.2, 0) is 7.05 Å². The molecule has 5 nitrogen and oxygen atoms in total. The van der Waals surface area contributed by atoms with Crippen LogP contribution in [0.25, 0.3) is 0 Å². The predicted molar refractivity (Wildman–Crippen MR) is 82.8 cm³/mol. The van der Waals surface area contributed by atoms with Gasteiger partial charge in [0, 0.05) is 26.7 Å². The van der Waals surface area contributed by atoms with Crippen LogP contribution in [0.2, 0.25) is 0 Å². The van der Waals surface area contributed by atoms with Crippen molar-refractivity contribution in [2.75, 3.05) is 44.4 Å². The average molecular weight is 267 g/mol. The summed E-state index contributed by atoms with van der Waals surface area (Å²) in [4.78, 5) is 4.53. The molecule has 1 rings (SSSR count). The van der Waals surface area contributed by atoms with E-state index < -0.39 is 0 Å². The highest BCUT2D eigenvalue weighted by Crippen LogP contribution is 2.30. The fraction of sp³-hybridized carbons (Fsp3) is 0.786. The molecule has 0 saturated carbocycles. The van der Waals surface area contributed by atoms with Gasteiger partial charge in [0.2, 0.25) is 0 Å². The van der Waals surface area contributed by atoms with Gasteiger partial charge in [-0.2, -0.15) is 5.10 Å². The third-order valence-electron chi connectivity index (χ3n) is 3.24. The van der Waals surface area contributed by atoms with Gasteiger partial charge in [-0.15, -0.1) is 0 Å². The zero-order chi connectivity index (χ0) is 14.6. The first-order valence-corrected chi connectivity index (χ1v) is 7.10. The maximum atomic E-state index is 6.30. The third-order valence-corrected chi connectivity index (χ3v) is 3.24. The van der Waals surface area contributed by atoms with Gasteiger partial charge in [0.05, 0.1) is 11.4 Å². The highest BCUT2D eigenvalue weighted by Gasteiger charge is 2.20. The van der Waals surface area contributed by atoms with Crippen molar-refractivity contribution in [3.05, 3.63) is 5.69 Å². The van der Waals surface area contributed by atoms with Gasteiger partial charge in [0.15, 0.2) is 0 Å². The quantitative estimate of drug-likeness (QED) is 0.820. The normalized spacial score (nSPS) is 11.6.